The Bertz CT molecular complexity index is 764. The Kier molecular flexibility index (Phi) is 2.77. The summed E-state index contributed by atoms with van der Waals surface area (Å²) < 4.78 is 15.2. The third kappa shape index (κ3) is 2.21. The fraction of sp³-hybridized carbons (Fsp3) is 0.0625. The Morgan fingerprint density at radius 3 is 2.58 bits per heavy atom. The molecule has 2 nitrogen and oxygen atoms in total. The zero-order chi connectivity index (χ0) is 13.2. The van der Waals surface area contributed by atoms with Crippen LogP contribution in [0.1, 0.15) is 11.1 Å². The molecule has 0 fully saturated rings. The maximum Gasteiger partial charge on any atom is 0.123 e. The second kappa shape index (κ2) is 4.58. The van der Waals surface area contributed by atoms with Gasteiger partial charge in [0, 0.05) is 23.6 Å². The fourth-order valence-corrected chi connectivity index (χ4v) is 2.19. The number of hydrogen-bond acceptors (Lipinski definition) is 1. The first-order valence-electron chi connectivity index (χ1n) is 6.00. The molecule has 0 bridgehead atoms. The zero-order valence-corrected chi connectivity index (χ0v) is 10.2. The molecular weight excluding hydrogens is 239 g/mol. The number of rotatable bonds is 2. The highest BCUT2D eigenvalue weighted by atomic mass is 19.1. The molecule has 1 heterocycles. The largest absolute Gasteiger partial charge is 0.343 e. The number of nitrogens with zero attached hydrogens (tertiary/aromatic N) is 2. The molecule has 1 aromatic heterocycles. The van der Waals surface area contributed by atoms with E-state index < -0.39 is 0 Å². The van der Waals surface area contributed by atoms with Crippen LogP contribution in [0.3, 0.4) is 0 Å². The quantitative estimate of drug-likeness (QED) is 0.681. The summed E-state index contributed by atoms with van der Waals surface area (Å²) in [4.78, 5) is 0. The molecule has 0 amide bonds. The number of halogens is 1. The van der Waals surface area contributed by atoms with Gasteiger partial charge in [0.2, 0.25) is 0 Å². The number of benzene rings is 2. The van der Waals surface area contributed by atoms with Crippen molar-refractivity contribution in [3.05, 3.63) is 71.7 Å². The van der Waals surface area contributed by atoms with Crippen LogP contribution >= 0.6 is 0 Å². The molecule has 2 aromatic carbocycles. The maximum atomic E-state index is 13.1. The monoisotopic (exact) mass is 250 g/mol. The minimum Gasteiger partial charge on any atom is -0.343 e. The highest BCUT2D eigenvalue weighted by molar-refractivity contribution is 5.80. The molecule has 0 aliphatic heterocycles. The normalized spacial score (nSPS) is 10.5. The van der Waals surface area contributed by atoms with E-state index in [0.717, 1.165) is 16.5 Å². The second-order valence-corrected chi connectivity index (χ2v) is 4.46. The van der Waals surface area contributed by atoms with E-state index in [4.69, 9.17) is 5.26 Å². The summed E-state index contributed by atoms with van der Waals surface area (Å²) in [6.07, 6.45) is 1.95. The van der Waals surface area contributed by atoms with E-state index in [-0.39, 0.29) is 5.82 Å². The molecule has 0 spiro atoms. The van der Waals surface area contributed by atoms with Gasteiger partial charge in [-0.05, 0) is 42.0 Å². The molecule has 0 atom stereocenters. The van der Waals surface area contributed by atoms with Crippen molar-refractivity contribution < 1.29 is 4.39 Å². The Hall–Kier alpha value is -2.60. The summed E-state index contributed by atoms with van der Waals surface area (Å²) >= 11 is 0. The van der Waals surface area contributed by atoms with Crippen molar-refractivity contribution >= 4 is 10.9 Å². The predicted molar refractivity (Wildman–Crippen MR) is 72.2 cm³/mol. The summed E-state index contributed by atoms with van der Waals surface area (Å²) in [6.45, 7) is 0.709. The Labute approximate surface area is 110 Å². The van der Waals surface area contributed by atoms with Crippen LogP contribution in [0.5, 0.6) is 0 Å². The van der Waals surface area contributed by atoms with Crippen LogP contribution in [0, 0.1) is 17.1 Å². The minimum absolute atomic E-state index is 0.219. The second-order valence-electron chi connectivity index (χ2n) is 4.46. The van der Waals surface area contributed by atoms with Gasteiger partial charge in [0.1, 0.15) is 5.82 Å². The Morgan fingerprint density at radius 1 is 1.05 bits per heavy atom. The number of fused-ring (bicyclic) bond motifs is 1. The summed E-state index contributed by atoms with van der Waals surface area (Å²) in [5.41, 5.74) is 2.77. The topological polar surface area (TPSA) is 28.7 Å². The van der Waals surface area contributed by atoms with E-state index >= 15 is 0 Å². The average molecular weight is 250 g/mol. The van der Waals surface area contributed by atoms with Gasteiger partial charge in [0.15, 0.2) is 0 Å². The van der Waals surface area contributed by atoms with Gasteiger partial charge in [-0.1, -0.05) is 12.1 Å². The van der Waals surface area contributed by atoms with Crippen LogP contribution in [-0.4, -0.2) is 4.57 Å². The lowest BCUT2D eigenvalue weighted by Gasteiger charge is -2.05. The smallest absolute Gasteiger partial charge is 0.123 e. The van der Waals surface area contributed by atoms with Crippen molar-refractivity contribution in [3.63, 3.8) is 0 Å². The van der Waals surface area contributed by atoms with Crippen LogP contribution in [0.4, 0.5) is 4.39 Å². The van der Waals surface area contributed by atoms with Crippen molar-refractivity contribution in [1.29, 1.82) is 5.26 Å². The number of hydrogen-bond donors (Lipinski definition) is 0. The van der Waals surface area contributed by atoms with Gasteiger partial charge in [0.05, 0.1) is 11.6 Å². The molecule has 0 radical (unpaired) electrons. The average Bonchev–Trinajstić information content (AvgIpc) is 2.82. The van der Waals surface area contributed by atoms with Crippen LogP contribution in [0.25, 0.3) is 10.9 Å². The standard InChI is InChI=1S/C16H11FN2/c17-15-5-6-16-14(9-15)7-8-19(16)11-13-3-1-12(10-18)2-4-13/h1-9H,11H2. The van der Waals surface area contributed by atoms with Crippen molar-refractivity contribution in [2.24, 2.45) is 0 Å². The molecule has 0 saturated carbocycles. The molecule has 0 saturated heterocycles. The van der Waals surface area contributed by atoms with Gasteiger partial charge in [-0.15, -0.1) is 0 Å². The lowest BCUT2D eigenvalue weighted by molar-refractivity contribution is 0.629. The molecule has 0 aliphatic carbocycles. The SMILES string of the molecule is N#Cc1ccc(Cn2ccc3cc(F)ccc32)cc1. The minimum atomic E-state index is -0.219. The van der Waals surface area contributed by atoms with Crippen LogP contribution in [0.15, 0.2) is 54.7 Å². The van der Waals surface area contributed by atoms with E-state index in [9.17, 15) is 4.39 Å². The van der Waals surface area contributed by atoms with Gasteiger partial charge < -0.3 is 4.57 Å². The molecule has 3 heteroatoms. The first-order valence-corrected chi connectivity index (χ1v) is 6.00. The van der Waals surface area contributed by atoms with Crippen LogP contribution in [0.2, 0.25) is 0 Å². The van der Waals surface area contributed by atoms with E-state index in [1.807, 2.05) is 24.4 Å². The molecule has 19 heavy (non-hydrogen) atoms. The van der Waals surface area contributed by atoms with Gasteiger partial charge in [-0.3, -0.25) is 0 Å². The van der Waals surface area contributed by atoms with E-state index in [1.54, 1.807) is 18.2 Å². The number of aromatic nitrogens is 1. The van der Waals surface area contributed by atoms with E-state index in [2.05, 4.69) is 10.6 Å². The molecule has 3 rings (SSSR count). The third-order valence-electron chi connectivity index (χ3n) is 3.17. The summed E-state index contributed by atoms with van der Waals surface area (Å²) in [5.74, 6) is -0.219. The van der Waals surface area contributed by atoms with Crippen LogP contribution < -0.4 is 0 Å². The number of nitriles is 1. The van der Waals surface area contributed by atoms with E-state index in [1.165, 1.54) is 12.1 Å². The molecule has 0 aliphatic rings. The van der Waals surface area contributed by atoms with Gasteiger partial charge >= 0.3 is 0 Å². The molecule has 92 valence electrons. The lowest BCUT2D eigenvalue weighted by Crippen LogP contribution is -1.97. The van der Waals surface area contributed by atoms with Gasteiger partial charge in [-0.25, -0.2) is 4.39 Å². The van der Waals surface area contributed by atoms with Gasteiger partial charge in [-0.2, -0.15) is 5.26 Å². The Morgan fingerprint density at radius 2 is 1.84 bits per heavy atom. The molecule has 0 N–H and O–H groups in total. The van der Waals surface area contributed by atoms with Crippen molar-refractivity contribution in [2.45, 2.75) is 6.54 Å². The molecule has 3 aromatic rings. The third-order valence-corrected chi connectivity index (χ3v) is 3.17. The van der Waals surface area contributed by atoms with E-state index in [0.29, 0.717) is 12.1 Å². The van der Waals surface area contributed by atoms with Crippen molar-refractivity contribution in [2.75, 3.05) is 0 Å². The molecular formula is C16H11FN2. The van der Waals surface area contributed by atoms with Gasteiger partial charge in [0.25, 0.3) is 0 Å². The first kappa shape index (κ1) is 11.5. The lowest BCUT2D eigenvalue weighted by atomic mass is 10.1. The zero-order valence-electron chi connectivity index (χ0n) is 10.2. The highest BCUT2D eigenvalue weighted by Gasteiger charge is 2.03. The summed E-state index contributed by atoms with van der Waals surface area (Å²) in [6, 6.07) is 16.3. The fourth-order valence-electron chi connectivity index (χ4n) is 2.19. The van der Waals surface area contributed by atoms with Crippen molar-refractivity contribution in [3.8, 4) is 6.07 Å². The Balaban J connectivity index is 1.94. The predicted octanol–water partition coefficient (Wildman–Crippen LogP) is 3.70. The first-order chi connectivity index (χ1) is 9.26. The highest BCUT2D eigenvalue weighted by Crippen LogP contribution is 2.18. The maximum absolute atomic E-state index is 13.1. The summed E-state index contributed by atoms with van der Waals surface area (Å²) in [5, 5.41) is 9.66. The summed E-state index contributed by atoms with van der Waals surface area (Å²) in [7, 11) is 0. The van der Waals surface area contributed by atoms with Crippen molar-refractivity contribution in [1.82, 2.24) is 4.57 Å². The van der Waals surface area contributed by atoms with Crippen LogP contribution in [-0.2, 0) is 6.54 Å². The molecule has 0 unspecified atom stereocenters.